The normalized spacial score (nSPS) is 21.2. The molecule has 3 aromatic rings. The zero-order valence-electron chi connectivity index (χ0n) is 14.4. The lowest BCUT2D eigenvalue weighted by molar-refractivity contribution is 0.371. The summed E-state index contributed by atoms with van der Waals surface area (Å²) < 4.78 is 2.45. The van der Waals surface area contributed by atoms with Crippen molar-refractivity contribution in [2.24, 2.45) is 0 Å². The van der Waals surface area contributed by atoms with Crippen molar-refractivity contribution in [1.82, 2.24) is 9.55 Å². The molecular formula is C21H24N2S. The molecule has 0 amide bonds. The maximum Gasteiger partial charge on any atom is 0.0961 e. The smallest absolute Gasteiger partial charge is 0.0961 e. The maximum atomic E-state index is 4.69. The number of hydrogen-bond donors (Lipinski definition) is 0. The van der Waals surface area contributed by atoms with Gasteiger partial charge in [-0.15, -0.1) is 11.8 Å². The Labute approximate surface area is 148 Å². The van der Waals surface area contributed by atoms with Crippen LogP contribution in [-0.4, -0.2) is 14.8 Å². The first-order chi connectivity index (χ1) is 11.7. The average molecular weight is 337 g/mol. The van der Waals surface area contributed by atoms with Gasteiger partial charge in [0.15, 0.2) is 0 Å². The summed E-state index contributed by atoms with van der Waals surface area (Å²) in [5.41, 5.74) is 5.11. The van der Waals surface area contributed by atoms with Crippen LogP contribution in [0.1, 0.15) is 42.9 Å². The average Bonchev–Trinajstić information content (AvgIpc) is 2.99. The Balaban J connectivity index is 1.69. The number of hydrogen-bond acceptors (Lipinski definition) is 2. The molecule has 1 aromatic heterocycles. The number of thioether (sulfide) groups is 1. The molecule has 1 heterocycles. The molecule has 24 heavy (non-hydrogen) atoms. The monoisotopic (exact) mass is 336 g/mol. The molecule has 0 N–H and O–H groups in total. The molecule has 124 valence electrons. The van der Waals surface area contributed by atoms with E-state index in [9.17, 15) is 0 Å². The zero-order valence-corrected chi connectivity index (χ0v) is 15.2. The van der Waals surface area contributed by atoms with Crippen molar-refractivity contribution in [3.63, 3.8) is 0 Å². The highest BCUT2D eigenvalue weighted by atomic mass is 32.2. The van der Waals surface area contributed by atoms with Crippen LogP contribution in [0.15, 0.2) is 53.7 Å². The van der Waals surface area contributed by atoms with Crippen molar-refractivity contribution >= 4 is 22.8 Å². The Hall–Kier alpha value is -1.74. The van der Waals surface area contributed by atoms with Gasteiger partial charge in [-0.05, 0) is 62.1 Å². The summed E-state index contributed by atoms with van der Waals surface area (Å²) in [6.07, 6.45) is 7.27. The van der Waals surface area contributed by atoms with E-state index in [1.165, 1.54) is 47.2 Å². The molecule has 0 radical (unpaired) electrons. The second-order valence-electron chi connectivity index (χ2n) is 6.90. The number of imidazole rings is 1. The van der Waals surface area contributed by atoms with Crippen molar-refractivity contribution < 1.29 is 0 Å². The Kier molecular flexibility index (Phi) is 4.36. The van der Waals surface area contributed by atoms with Crippen LogP contribution in [0.5, 0.6) is 0 Å². The molecule has 4 rings (SSSR count). The highest BCUT2D eigenvalue weighted by Crippen LogP contribution is 2.41. The molecule has 1 aliphatic rings. The predicted molar refractivity (Wildman–Crippen MR) is 103 cm³/mol. The van der Waals surface area contributed by atoms with Gasteiger partial charge >= 0.3 is 0 Å². The van der Waals surface area contributed by atoms with Gasteiger partial charge < -0.3 is 4.57 Å². The van der Waals surface area contributed by atoms with Crippen molar-refractivity contribution in [2.45, 2.75) is 55.7 Å². The predicted octanol–water partition coefficient (Wildman–Crippen LogP) is 5.93. The van der Waals surface area contributed by atoms with Gasteiger partial charge in [0.05, 0.1) is 17.4 Å². The van der Waals surface area contributed by atoms with Gasteiger partial charge in [-0.1, -0.05) is 31.0 Å². The van der Waals surface area contributed by atoms with Crippen LogP contribution >= 0.6 is 11.8 Å². The third kappa shape index (κ3) is 2.98. The summed E-state index contributed by atoms with van der Waals surface area (Å²) in [6.45, 7) is 4.37. The topological polar surface area (TPSA) is 17.8 Å². The minimum absolute atomic E-state index is 0.538. The Morgan fingerprint density at radius 1 is 1.00 bits per heavy atom. The van der Waals surface area contributed by atoms with Gasteiger partial charge in [0.2, 0.25) is 0 Å². The molecule has 0 aliphatic heterocycles. The molecule has 0 spiro atoms. The highest BCUT2D eigenvalue weighted by Gasteiger charge is 2.28. The first-order valence-electron chi connectivity index (χ1n) is 8.88. The fraction of sp³-hybridized carbons (Fsp3) is 0.381. The van der Waals surface area contributed by atoms with E-state index in [0.717, 1.165) is 5.52 Å². The van der Waals surface area contributed by atoms with E-state index in [1.807, 2.05) is 11.8 Å². The molecule has 2 unspecified atom stereocenters. The summed E-state index contributed by atoms with van der Waals surface area (Å²) in [4.78, 5) is 6.07. The SMILES string of the molecule is Cc1cc2ncn(C3CCCCC3Sc3ccccc3)c2cc1C. The van der Waals surface area contributed by atoms with E-state index < -0.39 is 0 Å². The third-order valence-corrected chi connectivity index (χ3v) is 6.64. The Bertz CT molecular complexity index is 838. The third-order valence-electron chi connectivity index (χ3n) is 5.25. The Morgan fingerprint density at radius 3 is 2.58 bits per heavy atom. The first-order valence-corrected chi connectivity index (χ1v) is 9.76. The molecule has 1 saturated carbocycles. The van der Waals surface area contributed by atoms with Crippen LogP contribution in [0.3, 0.4) is 0 Å². The number of nitrogens with zero attached hydrogens (tertiary/aromatic N) is 2. The van der Waals surface area contributed by atoms with Crippen molar-refractivity contribution in [3.05, 3.63) is 59.9 Å². The molecule has 2 atom stereocenters. The number of aryl methyl sites for hydroxylation is 2. The molecule has 3 heteroatoms. The number of fused-ring (bicyclic) bond motifs is 1. The van der Waals surface area contributed by atoms with Gasteiger partial charge in [0.1, 0.15) is 0 Å². The Morgan fingerprint density at radius 2 is 1.75 bits per heavy atom. The van der Waals surface area contributed by atoms with E-state index >= 15 is 0 Å². The summed E-state index contributed by atoms with van der Waals surface area (Å²) in [5.74, 6) is 0. The molecular weight excluding hydrogens is 312 g/mol. The maximum absolute atomic E-state index is 4.69. The lowest BCUT2D eigenvalue weighted by Gasteiger charge is -2.32. The number of rotatable bonds is 3. The quantitative estimate of drug-likeness (QED) is 0.590. The van der Waals surface area contributed by atoms with E-state index in [0.29, 0.717) is 11.3 Å². The van der Waals surface area contributed by atoms with E-state index in [1.54, 1.807) is 0 Å². The van der Waals surface area contributed by atoms with E-state index in [4.69, 9.17) is 4.98 Å². The molecule has 2 nitrogen and oxygen atoms in total. The number of aromatic nitrogens is 2. The van der Waals surface area contributed by atoms with Crippen LogP contribution in [0.4, 0.5) is 0 Å². The summed E-state index contributed by atoms with van der Waals surface area (Å²) in [6, 6.07) is 15.9. The summed E-state index contributed by atoms with van der Waals surface area (Å²) in [7, 11) is 0. The van der Waals surface area contributed by atoms with Crippen LogP contribution in [0, 0.1) is 13.8 Å². The van der Waals surface area contributed by atoms with Crippen LogP contribution in [0.25, 0.3) is 11.0 Å². The molecule has 0 bridgehead atoms. The molecule has 2 aromatic carbocycles. The van der Waals surface area contributed by atoms with Gasteiger partial charge in [-0.25, -0.2) is 4.98 Å². The first kappa shape index (κ1) is 15.8. The van der Waals surface area contributed by atoms with E-state index in [2.05, 4.69) is 67.2 Å². The second kappa shape index (κ2) is 6.64. The van der Waals surface area contributed by atoms with Crippen molar-refractivity contribution in [2.75, 3.05) is 0 Å². The van der Waals surface area contributed by atoms with Crippen LogP contribution in [-0.2, 0) is 0 Å². The molecule has 0 saturated heterocycles. The fourth-order valence-corrected chi connectivity index (χ4v) is 5.13. The second-order valence-corrected chi connectivity index (χ2v) is 8.21. The molecule has 1 fully saturated rings. The van der Waals surface area contributed by atoms with Crippen molar-refractivity contribution in [1.29, 1.82) is 0 Å². The highest BCUT2D eigenvalue weighted by molar-refractivity contribution is 8.00. The van der Waals surface area contributed by atoms with Crippen LogP contribution < -0.4 is 0 Å². The van der Waals surface area contributed by atoms with Gasteiger partial charge in [0.25, 0.3) is 0 Å². The lowest BCUT2D eigenvalue weighted by Crippen LogP contribution is -2.25. The lowest BCUT2D eigenvalue weighted by atomic mass is 9.94. The number of benzene rings is 2. The zero-order chi connectivity index (χ0) is 16.5. The fourth-order valence-electron chi connectivity index (χ4n) is 3.75. The van der Waals surface area contributed by atoms with E-state index in [-0.39, 0.29) is 0 Å². The van der Waals surface area contributed by atoms with Gasteiger partial charge in [-0.2, -0.15) is 0 Å². The minimum Gasteiger partial charge on any atom is -0.326 e. The van der Waals surface area contributed by atoms with Gasteiger partial charge in [0, 0.05) is 16.2 Å². The molecule has 1 aliphatic carbocycles. The van der Waals surface area contributed by atoms with Crippen molar-refractivity contribution in [3.8, 4) is 0 Å². The summed E-state index contributed by atoms with van der Waals surface area (Å²) in [5, 5.41) is 0.625. The van der Waals surface area contributed by atoms with Crippen LogP contribution in [0.2, 0.25) is 0 Å². The van der Waals surface area contributed by atoms with Gasteiger partial charge in [-0.3, -0.25) is 0 Å². The standard InChI is InChI=1S/C21H24N2S/c1-15-12-18-20(13-16(15)2)23(14-22-18)19-10-6-7-11-21(19)24-17-8-4-3-5-9-17/h3-5,8-9,12-14,19,21H,6-7,10-11H2,1-2H3. The summed E-state index contributed by atoms with van der Waals surface area (Å²) >= 11 is 2.04. The largest absolute Gasteiger partial charge is 0.326 e. The minimum atomic E-state index is 0.538.